The Morgan fingerprint density at radius 3 is 1.75 bits per heavy atom. The molecule has 0 aliphatic carbocycles. The molecule has 3 heteroatoms. The molecule has 0 aromatic rings. The van der Waals surface area contributed by atoms with E-state index in [1.807, 2.05) is 13.8 Å². The topological polar surface area (TPSA) is 37.3 Å². The minimum atomic E-state index is -0.655. The van der Waals surface area contributed by atoms with Crippen molar-refractivity contribution in [2.45, 2.75) is 90.2 Å². The van der Waals surface area contributed by atoms with E-state index in [1.165, 1.54) is 57.8 Å². The normalized spacial score (nSPS) is 12.8. The largest absolute Gasteiger partial charge is 0.480 e. The molecule has 0 fully saturated rings. The second kappa shape index (κ2) is 13.8. The molecule has 0 saturated carbocycles. The molecule has 20 heavy (non-hydrogen) atoms. The van der Waals surface area contributed by atoms with Gasteiger partial charge in [0.2, 0.25) is 0 Å². The van der Waals surface area contributed by atoms with Gasteiger partial charge in [-0.3, -0.25) is 4.79 Å². The van der Waals surface area contributed by atoms with Crippen molar-refractivity contribution in [3.8, 4) is 0 Å². The summed E-state index contributed by atoms with van der Waals surface area (Å²) in [6, 6.07) is 0. The van der Waals surface area contributed by atoms with Crippen molar-refractivity contribution >= 4 is 17.7 Å². The van der Waals surface area contributed by atoms with Crippen molar-refractivity contribution in [3.05, 3.63) is 0 Å². The van der Waals surface area contributed by atoms with E-state index in [9.17, 15) is 4.79 Å². The zero-order valence-corrected chi connectivity index (χ0v) is 14.5. The van der Waals surface area contributed by atoms with E-state index in [0.29, 0.717) is 0 Å². The number of carbonyl (C=O) groups is 1. The number of hydrogen-bond acceptors (Lipinski definition) is 2. The van der Waals surface area contributed by atoms with E-state index in [1.54, 1.807) is 11.8 Å². The first kappa shape index (κ1) is 19.8. The summed E-state index contributed by atoms with van der Waals surface area (Å²) in [5.74, 6) is 0.559. The van der Waals surface area contributed by atoms with Crippen LogP contribution in [0.2, 0.25) is 0 Å². The monoisotopic (exact) mass is 302 g/mol. The molecule has 1 N–H and O–H groups in total. The molecule has 0 heterocycles. The molecule has 0 aromatic carbocycles. The van der Waals surface area contributed by atoms with E-state index in [2.05, 4.69) is 6.92 Å². The first-order valence-corrected chi connectivity index (χ1v) is 9.48. The third-order valence-corrected chi connectivity index (χ3v) is 5.27. The third-order valence-electron chi connectivity index (χ3n) is 3.64. The molecule has 0 bridgehead atoms. The Morgan fingerprint density at radius 1 is 0.900 bits per heavy atom. The van der Waals surface area contributed by atoms with Crippen LogP contribution in [0.4, 0.5) is 0 Å². The van der Waals surface area contributed by atoms with E-state index in [-0.39, 0.29) is 11.2 Å². The fraction of sp³-hybridized carbons (Fsp3) is 0.941. The summed E-state index contributed by atoms with van der Waals surface area (Å²) in [7, 11) is 0. The molecule has 0 radical (unpaired) electrons. The van der Waals surface area contributed by atoms with Crippen molar-refractivity contribution in [1.29, 1.82) is 0 Å². The first-order valence-electron chi connectivity index (χ1n) is 8.44. The molecule has 120 valence electrons. The van der Waals surface area contributed by atoms with Crippen LogP contribution in [0, 0.1) is 5.92 Å². The number of aliphatic carboxylic acids is 1. The van der Waals surface area contributed by atoms with Gasteiger partial charge in [-0.1, -0.05) is 78.6 Å². The summed E-state index contributed by atoms with van der Waals surface area (Å²) < 4.78 is 0. The van der Waals surface area contributed by atoms with Crippen molar-refractivity contribution in [3.63, 3.8) is 0 Å². The molecular formula is C17H34O2S. The fourth-order valence-corrected chi connectivity index (χ4v) is 3.50. The fourth-order valence-electron chi connectivity index (χ4n) is 2.35. The van der Waals surface area contributed by atoms with Gasteiger partial charge in [0.05, 0.1) is 0 Å². The lowest BCUT2D eigenvalue weighted by atomic mass is 10.1. The lowest BCUT2D eigenvalue weighted by molar-refractivity contribution is -0.137. The summed E-state index contributed by atoms with van der Waals surface area (Å²) in [6.07, 6.45) is 13.4. The summed E-state index contributed by atoms with van der Waals surface area (Å²) >= 11 is 1.62. The number of unbranched alkanes of at least 4 members (excludes halogenated alkanes) is 9. The Labute approximate surface area is 130 Å². The molecule has 0 amide bonds. The molecule has 1 unspecified atom stereocenters. The highest BCUT2D eigenvalue weighted by molar-refractivity contribution is 8.00. The van der Waals surface area contributed by atoms with Crippen LogP contribution in [0.1, 0.15) is 85.0 Å². The molecular weight excluding hydrogens is 268 g/mol. The van der Waals surface area contributed by atoms with Crippen molar-refractivity contribution in [2.24, 2.45) is 5.92 Å². The van der Waals surface area contributed by atoms with Gasteiger partial charge in [0.25, 0.3) is 0 Å². The van der Waals surface area contributed by atoms with Gasteiger partial charge in [0.1, 0.15) is 5.25 Å². The average molecular weight is 303 g/mol. The Bertz CT molecular complexity index is 229. The van der Waals surface area contributed by atoms with E-state index in [0.717, 1.165) is 12.2 Å². The van der Waals surface area contributed by atoms with Gasteiger partial charge in [-0.2, -0.15) is 0 Å². The Morgan fingerprint density at radius 2 is 1.35 bits per heavy atom. The van der Waals surface area contributed by atoms with Gasteiger partial charge in [-0.05, 0) is 18.1 Å². The van der Waals surface area contributed by atoms with Crippen molar-refractivity contribution in [2.75, 3.05) is 5.75 Å². The van der Waals surface area contributed by atoms with Gasteiger partial charge in [0, 0.05) is 0 Å². The highest BCUT2D eigenvalue weighted by Crippen LogP contribution is 2.21. The molecule has 0 rings (SSSR count). The highest BCUT2D eigenvalue weighted by atomic mass is 32.2. The van der Waals surface area contributed by atoms with Crippen LogP contribution < -0.4 is 0 Å². The number of rotatable bonds is 14. The Balaban J connectivity index is 3.29. The van der Waals surface area contributed by atoms with E-state index >= 15 is 0 Å². The van der Waals surface area contributed by atoms with Gasteiger partial charge in [-0.25, -0.2) is 0 Å². The van der Waals surface area contributed by atoms with E-state index < -0.39 is 5.97 Å². The molecule has 0 saturated heterocycles. The predicted octanol–water partition coefficient (Wildman–Crippen LogP) is 5.75. The van der Waals surface area contributed by atoms with Gasteiger partial charge >= 0.3 is 5.97 Å². The lowest BCUT2D eigenvalue weighted by Crippen LogP contribution is -2.22. The minimum absolute atomic E-state index is 0.223. The highest BCUT2D eigenvalue weighted by Gasteiger charge is 2.21. The van der Waals surface area contributed by atoms with Gasteiger partial charge in [0.15, 0.2) is 0 Å². The van der Waals surface area contributed by atoms with Crippen LogP contribution in [0.3, 0.4) is 0 Å². The summed E-state index contributed by atoms with van der Waals surface area (Å²) in [4.78, 5) is 11.0. The second-order valence-corrected chi connectivity index (χ2v) is 7.31. The molecule has 0 aliphatic heterocycles. The molecule has 0 aromatic heterocycles. The van der Waals surface area contributed by atoms with Crippen molar-refractivity contribution < 1.29 is 9.90 Å². The summed E-state index contributed by atoms with van der Waals surface area (Å²) in [5.41, 5.74) is 0. The van der Waals surface area contributed by atoms with Gasteiger partial charge in [-0.15, -0.1) is 11.8 Å². The minimum Gasteiger partial charge on any atom is -0.480 e. The Kier molecular flexibility index (Phi) is 13.7. The maximum absolute atomic E-state index is 11.0. The van der Waals surface area contributed by atoms with Crippen molar-refractivity contribution in [1.82, 2.24) is 0 Å². The van der Waals surface area contributed by atoms with Crippen LogP contribution in [0.15, 0.2) is 0 Å². The van der Waals surface area contributed by atoms with Crippen LogP contribution >= 0.6 is 11.8 Å². The number of carboxylic acid groups (broad SMARTS) is 1. The number of hydrogen-bond donors (Lipinski definition) is 1. The predicted molar refractivity (Wildman–Crippen MR) is 90.6 cm³/mol. The molecule has 0 spiro atoms. The zero-order valence-electron chi connectivity index (χ0n) is 13.7. The SMILES string of the molecule is CCCCCCCCCCCCSC(C(=O)O)C(C)C. The second-order valence-electron chi connectivity index (χ2n) is 6.06. The number of thioether (sulfide) groups is 1. The molecule has 0 aliphatic rings. The number of carboxylic acids is 1. The first-order chi connectivity index (χ1) is 9.59. The van der Waals surface area contributed by atoms with Gasteiger partial charge < -0.3 is 5.11 Å². The summed E-state index contributed by atoms with van der Waals surface area (Å²) in [6.45, 7) is 6.24. The quantitative estimate of drug-likeness (QED) is 0.415. The lowest BCUT2D eigenvalue weighted by Gasteiger charge is -2.15. The maximum atomic E-state index is 11.0. The standard InChI is InChI=1S/C17H34O2S/c1-4-5-6-7-8-9-10-11-12-13-14-20-16(15(2)3)17(18)19/h15-16H,4-14H2,1-3H3,(H,18,19). The smallest absolute Gasteiger partial charge is 0.316 e. The summed E-state index contributed by atoms with van der Waals surface area (Å²) in [5, 5.41) is 8.86. The average Bonchev–Trinajstić information content (AvgIpc) is 2.39. The maximum Gasteiger partial charge on any atom is 0.316 e. The van der Waals surface area contributed by atoms with Crippen LogP contribution in [-0.4, -0.2) is 22.1 Å². The molecule has 2 nitrogen and oxygen atoms in total. The van der Waals surface area contributed by atoms with Crippen LogP contribution in [0.25, 0.3) is 0 Å². The third kappa shape index (κ3) is 11.6. The Hall–Kier alpha value is -0.180. The zero-order chi connectivity index (χ0) is 15.2. The van der Waals surface area contributed by atoms with Crippen LogP contribution in [-0.2, 0) is 4.79 Å². The van der Waals surface area contributed by atoms with Crippen LogP contribution in [0.5, 0.6) is 0 Å². The molecule has 1 atom stereocenters. The van der Waals surface area contributed by atoms with E-state index in [4.69, 9.17) is 5.11 Å².